The average molecular weight is 248 g/mol. The van der Waals surface area contributed by atoms with Gasteiger partial charge in [0, 0.05) is 11.6 Å². The molecule has 0 aliphatic heterocycles. The van der Waals surface area contributed by atoms with E-state index in [4.69, 9.17) is 5.73 Å². The van der Waals surface area contributed by atoms with Gasteiger partial charge >= 0.3 is 0 Å². The van der Waals surface area contributed by atoms with E-state index < -0.39 is 0 Å². The molecule has 0 spiro atoms. The Labute approximate surface area is 112 Å². The van der Waals surface area contributed by atoms with Gasteiger partial charge in [-0.1, -0.05) is 12.1 Å². The number of benzene rings is 1. The predicted molar refractivity (Wildman–Crippen MR) is 80.0 cm³/mol. The van der Waals surface area contributed by atoms with Crippen molar-refractivity contribution in [1.29, 1.82) is 0 Å². The van der Waals surface area contributed by atoms with Gasteiger partial charge < -0.3 is 10.6 Å². The van der Waals surface area contributed by atoms with Crippen molar-refractivity contribution in [2.75, 3.05) is 14.1 Å². The van der Waals surface area contributed by atoms with Crippen LogP contribution in [-0.4, -0.2) is 24.5 Å². The van der Waals surface area contributed by atoms with Gasteiger partial charge in [0.2, 0.25) is 0 Å². The smallest absolute Gasteiger partial charge is 0.0362 e. The molecular formula is C16H28N2. The molecule has 0 fully saturated rings. The number of hydrogen-bond donors (Lipinski definition) is 1. The second-order valence-corrected chi connectivity index (χ2v) is 6.39. The van der Waals surface area contributed by atoms with Crippen LogP contribution in [0.1, 0.15) is 48.6 Å². The highest BCUT2D eigenvalue weighted by molar-refractivity contribution is 5.40. The second-order valence-electron chi connectivity index (χ2n) is 6.39. The Balaban J connectivity index is 3.19. The molecule has 0 heterocycles. The van der Waals surface area contributed by atoms with Crippen molar-refractivity contribution in [3.8, 4) is 0 Å². The molecule has 0 radical (unpaired) electrons. The minimum absolute atomic E-state index is 0.153. The summed E-state index contributed by atoms with van der Waals surface area (Å²) in [5.41, 5.74) is 11.6. The summed E-state index contributed by atoms with van der Waals surface area (Å²) in [6, 6.07) is 4.86. The lowest BCUT2D eigenvalue weighted by molar-refractivity contribution is 0.242. The zero-order chi connectivity index (χ0) is 14.1. The molecule has 1 aromatic rings. The highest BCUT2D eigenvalue weighted by Gasteiger charge is 2.24. The summed E-state index contributed by atoms with van der Waals surface area (Å²) in [5, 5.41) is 0. The monoisotopic (exact) mass is 248 g/mol. The largest absolute Gasteiger partial charge is 0.325 e. The van der Waals surface area contributed by atoms with Crippen LogP contribution in [0.2, 0.25) is 0 Å². The Bertz CT molecular complexity index is 414. The summed E-state index contributed by atoms with van der Waals surface area (Å²) in [7, 11) is 4.26. The van der Waals surface area contributed by atoms with E-state index in [0.29, 0.717) is 6.04 Å². The van der Waals surface area contributed by atoms with Gasteiger partial charge in [0.05, 0.1) is 0 Å². The lowest BCUT2D eigenvalue weighted by Crippen LogP contribution is -2.37. The Morgan fingerprint density at radius 1 is 1.11 bits per heavy atom. The van der Waals surface area contributed by atoms with Crippen LogP contribution in [0, 0.1) is 20.8 Å². The molecule has 1 aromatic carbocycles. The van der Waals surface area contributed by atoms with Gasteiger partial charge in [0.1, 0.15) is 0 Å². The molecule has 0 bridgehead atoms. The first-order valence-electron chi connectivity index (χ1n) is 6.65. The quantitative estimate of drug-likeness (QED) is 0.885. The van der Waals surface area contributed by atoms with E-state index in [1.54, 1.807) is 0 Å². The van der Waals surface area contributed by atoms with Crippen LogP contribution in [0.15, 0.2) is 12.1 Å². The molecule has 2 heteroatoms. The van der Waals surface area contributed by atoms with Gasteiger partial charge in [-0.25, -0.2) is 0 Å². The van der Waals surface area contributed by atoms with Gasteiger partial charge in [0.25, 0.3) is 0 Å². The van der Waals surface area contributed by atoms with Crippen molar-refractivity contribution in [3.05, 3.63) is 34.4 Å². The number of rotatable bonds is 4. The molecule has 2 nitrogen and oxygen atoms in total. The number of nitrogens with two attached hydrogens (primary N) is 1. The topological polar surface area (TPSA) is 29.3 Å². The van der Waals surface area contributed by atoms with Gasteiger partial charge in [-0.2, -0.15) is 0 Å². The first-order valence-corrected chi connectivity index (χ1v) is 6.65. The van der Waals surface area contributed by atoms with E-state index in [1.165, 1.54) is 22.3 Å². The molecule has 102 valence electrons. The third kappa shape index (κ3) is 3.56. The fraction of sp³-hybridized carbons (Fsp3) is 0.625. The van der Waals surface area contributed by atoms with E-state index in [2.05, 4.69) is 65.7 Å². The van der Waals surface area contributed by atoms with Crippen molar-refractivity contribution in [2.45, 2.75) is 52.6 Å². The molecule has 0 aliphatic carbocycles. The highest BCUT2D eigenvalue weighted by Crippen LogP contribution is 2.31. The number of nitrogens with zero attached hydrogens (tertiary/aromatic N) is 1. The number of hydrogen-bond acceptors (Lipinski definition) is 2. The molecule has 1 rings (SSSR count). The van der Waals surface area contributed by atoms with Crippen LogP contribution < -0.4 is 5.73 Å². The van der Waals surface area contributed by atoms with Crippen LogP contribution in [0.25, 0.3) is 0 Å². The lowest BCUT2D eigenvalue weighted by atomic mass is 9.87. The average Bonchev–Trinajstić information content (AvgIpc) is 2.22. The Morgan fingerprint density at radius 3 is 2.11 bits per heavy atom. The fourth-order valence-electron chi connectivity index (χ4n) is 2.41. The van der Waals surface area contributed by atoms with Crippen molar-refractivity contribution < 1.29 is 0 Å². The van der Waals surface area contributed by atoms with E-state index in [9.17, 15) is 0 Å². The zero-order valence-corrected chi connectivity index (χ0v) is 13.0. The second kappa shape index (κ2) is 5.41. The van der Waals surface area contributed by atoms with Crippen molar-refractivity contribution in [3.63, 3.8) is 0 Å². The minimum atomic E-state index is -0.153. The summed E-state index contributed by atoms with van der Waals surface area (Å²) in [4.78, 5) is 2.27. The third-order valence-corrected chi connectivity index (χ3v) is 3.80. The molecule has 1 atom stereocenters. The Morgan fingerprint density at radius 2 is 1.67 bits per heavy atom. The van der Waals surface area contributed by atoms with Gasteiger partial charge in [-0.15, -0.1) is 0 Å². The molecule has 0 aliphatic rings. The van der Waals surface area contributed by atoms with Gasteiger partial charge in [-0.05, 0) is 77.4 Å². The van der Waals surface area contributed by atoms with Crippen molar-refractivity contribution in [1.82, 2.24) is 4.90 Å². The van der Waals surface area contributed by atoms with E-state index in [1.807, 2.05) is 0 Å². The Kier molecular flexibility index (Phi) is 4.57. The van der Waals surface area contributed by atoms with Crippen molar-refractivity contribution >= 4 is 0 Å². The molecule has 0 aromatic heterocycles. The maximum Gasteiger partial charge on any atom is 0.0362 e. The van der Waals surface area contributed by atoms with Crippen LogP contribution in [0.3, 0.4) is 0 Å². The normalized spacial score (nSPS) is 14.1. The molecule has 18 heavy (non-hydrogen) atoms. The molecular weight excluding hydrogens is 220 g/mol. The van der Waals surface area contributed by atoms with E-state index in [-0.39, 0.29) is 5.54 Å². The Hall–Kier alpha value is -0.860. The molecule has 2 N–H and O–H groups in total. The first-order chi connectivity index (χ1) is 8.13. The zero-order valence-electron chi connectivity index (χ0n) is 13.0. The molecule has 0 saturated heterocycles. The highest BCUT2D eigenvalue weighted by atomic mass is 15.1. The van der Waals surface area contributed by atoms with Crippen LogP contribution in [0.4, 0.5) is 0 Å². The molecule has 0 amide bonds. The summed E-state index contributed by atoms with van der Waals surface area (Å²) in [5.74, 6) is 0. The SMILES string of the molecule is Cc1ccc(C(CC(C)(C)N)N(C)C)c(C)c1C. The van der Waals surface area contributed by atoms with Gasteiger partial charge in [0.15, 0.2) is 0 Å². The summed E-state index contributed by atoms with van der Waals surface area (Å²) in [6.07, 6.45) is 0.962. The summed E-state index contributed by atoms with van der Waals surface area (Å²) >= 11 is 0. The standard InChI is InChI=1S/C16H28N2/c1-11-8-9-14(13(3)12(11)2)15(18(6)7)10-16(4,5)17/h8-9,15H,10,17H2,1-7H3. The van der Waals surface area contributed by atoms with E-state index >= 15 is 0 Å². The maximum absolute atomic E-state index is 6.20. The van der Waals surface area contributed by atoms with Crippen LogP contribution in [-0.2, 0) is 0 Å². The number of aryl methyl sites for hydroxylation is 1. The fourth-order valence-corrected chi connectivity index (χ4v) is 2.41. The maximum atomic E-state index is 6.20. The van der Waals surface area contributed by atoms with E-state index in [0.717, 1.165) is 6.42 Å². The molecule has 1 unspecified atom stereocenters. The lowest BCUT2D eigenvalue weighted by Gasteiger charge is -2.32. The van der Waals surface area contributed by atoms with Gasteiger partial charge in [-0.3, -0.25) is 0 Å². The minimum Gasteiger partial charge on any atom is -0.325 e. The summed E-state index contributed by atoms with van der Waals surface area (Å²) in [6.45, 7) is 10.8. The third-order valence-electron chi connectivity index (χ3n) is 3.80. The predicted octanol–water partition coefficient (Wildman–Crippen LogP) is 3.34. The van der Waals surface area contributed by atoms with Crippen LogP contribution >= 0.6 is 0 Å². The first kappa shape index (κ1) is 15.2. The van der Waals surface area contributed by atoms with Crippen LogP contribution in [0.5, 0.6) is 0 Å². The summed E-state index contributed by atoms with van der Waals surface area (Å²) < 4.78 is 0. The van der Waals surface area contributed by atoms with Crippen molar-refractivity contribution in [2.24, 2.45) is 5.73 Å². The molecule has 0 saturated carbocycles.